The standard InChI is InChI=1S/C18H30N2S/c1-12-5-7-13(8-6-12)17-20-16(18(2,3)4)15(21-17)11-19-14-9-10-14/h12-14,19H,5-11H2,1-4H3. The Morgan fingerprint density at radius 1 is 1.10 bits per heavy atom. The van der Waals surface area contributed by atoms with Crippen molar-refractivity contribution in [3.05, 3.63) is 15.6 Å². The van der Waals surface area contributed by atoms with E-state index >= 15 is 0 Å². The van der Waals surface area contributed by atoms with E-state index in [1.165, 1.54) is 54.1 Å². The first kappa shape index (κ1) is 15.5. The summed E-state index contributed by atoms with van der Waals surface area (Å²) in [5, 5.41) is 5.10. The van der Waals surface area contributed by atoms with Gasteiger partial charge in [-0.15, -0.1) is 11.3 Å². The van der Waals surface area contributed by atoms with E-state index in [2.05, 4.69) is 33.0 Å². The zero-order valence-corrected chi connectivity index (χ0v) is 14.9. The van der Waals surface area contributed by atoms with Crippen LogP contribution in [0.3, 0.4) is 0 Å². The fraction of sp³-hybridized carbons (Fsp3) is 0.833. The fourth-order valence-corrected chi connectivity index (χ4v) is 4.68. The van der Waals surface area contributed by atoms with Crippen LogP contribution in [0.15, 0.2) is 0 Å². The van der Waals surface area contributed by atoms with Crippen LogP contribution >= 0.6 is 11.3 Å². The lowest BCUT2D eigenvalue weighted by Gasteiger charge is -2.24. The van der Waals surface area contributed by atoms with Crippen molar-refractivity contribution in [2.45, 2.75) is 90.1 Å². The van der Waals surface area contributed by atoms with Gasteiger partial charge in [0.2, 0.25) is 0 Å². The topological polar surface area (TPSA) is 24.9 Å². The maximum absolute atomic E-state index is 5.11. The highest BCUT2D eigenvalue weighted by Gasteiger charge is 2.29. The summed E-state index contributed by atoms with van der Waals surface area (Å²) in [5.41, 5.74) is 1.51. The van der Waals surface area contributed by atoms with Gasteiger partial charge in [-0.05, 0) is 31.6 Å². The Morgan fingerprint density at radius 2 is 1.76 bits per heavy atom. The van der Waals surface area contributed by atoms with Crippen molar-refractivity contribution < 1.29 is 0 Å². The molecule has 0 unspecified atom stereocenters. The normalized spacial score (nSPS) is 27.0. The zero-order chi connectivity index (χ0) is 15.0. The molecule has 0 aliphatic heterocycles. The molecule has 1 aromatic heterocycles. The maximum atomic E-state index is 5.11. The minimum atomic E-state index is 0.164. The first-order chi connectivity index (χ1) is 9.93. The smallest absolute Gasteiger partial charge is 0.0962 e. The molecular formula is C18H30N2S. The number of hydrogen-bond donors (Lipinski definition) is 1. The minimum absolute atomic E-state index is 0.164. The number of thiazole rings is 1. The highest BCUT2D eigenvalue weighted by molar-refractivity contribution is 7.11. The second-order valence-corrected chi connectivity index (χ2v) is 9.30. The van der Waals surface area contributed by atoms with E-state index < -0.39 is 0 Å². The van der Waals surface area contributed by atoms with Crippen LogP contribution in [0, 0.1) is 5.92 Å². The molecule has 0 radical (unpaired) electrons. The molecule has 1 aromatic rings. The summed E-state index contributed by atoms with van der Waals surface area (Å²) in [4.78, 5) is 6.60. The van der Waals surface area contributed by atoms with Crippen LogP contribution in [0.5, 0.6) is 0 Å². The van der Waals surface area contributed by atoms with Crippen molar-refractivity contribution in [3.8, 4) is 0 Å². The summed E-state index contributed by atoms with van der Waals surface area (Å²) in [6.45, 7) is 10.3. The molecule has 1 heterocycles. The SMILES string of the molecule is CC1CCC(c2nc(C(C)(C)C)c(CNC3CC3)s2)CC1. The highest BCUT2D eigenvalue weighted by atomic mass is 32.1. The number of nitrogens with zero attached hydrogens (tertiary/aromatic N) is 1. The number of hydrogen-bond acceptors (Lipinski definition) is 3. The van der Waals surface area contributed by atoms with Crippen molar-refractivity contribution in [3.63, 3.8) is 0 Å². The lowest BCUT2D eigenvalue weighted by Crippen LogP contribution is -2.20. The quantitative estimate of drug-likeness (QED) is 0.848. The van der Waals surface area contributed by atoms with Crippen LogP contribution in [0.25, 0.3) is 0 Å². The molecule has 2 aliphatic rings. The molecule has 3 rings (SSSR count). The summed E-state index contributed by atoms with van der Waals surface area (Å²) in [5.74, 6) is 1.64. The molecule has 0 amide bonds. The van der Waals surface area contributed by atoms with Crippen LogP contribution in [0.4, 0.5) is 0 Å². The van der Waals surface area contributed by atoms with E-state index in [4.69, 9.17) is 4.98 Å². The first-order valence-corrected chi connectivity index (χ1v) is 9.48. The molecule has 0 saturated heterocycles. The molecule has 3 heteroatoms. The van der Waals surface area contributed by atoms with Gasteiger partial charge in [0.25, 0.3) is 0 Å². The Kier molecular flexibility index (Phi) is 4.42. The van der Waals surface area contributed by atoms with Crippen LogP contribution in [0.2, 0.25) is 0 Å². The molecular weight excluding hydrogens is 276 g/mol. The van der Waals surface area contributed by atoms with Gasteiger partial charge in [-0.25, -0.2) is 4.98 Å². The first-order valence-electron chi connectivity index (χ1n) is 8.67. The molecule has 0 aromatic carbocycles. The van der Waals surface area contributed by atoms with Gasteiger partial charge in [-0.3, -0.25) is 0 Å². The third-order valence-electron chi connectivity index (χ3n) is 4.92. The monoisotopic (exact) mass is 306 g/mol. The van der Waals surface area contributed by atoms with Crippen molar-refractivity contribution >= 4 is 11.3 Å². The molecule has 0 bridgehead atoms. The summed E-state index contributed by atoms with van der Waals surface area (Å²) in [7, 11) is 0. The van der Waals surface area contributed by atoms with E-state index in [-0.39, 0.29) is 5.41 Å². The largest absolute Gasteiger partial charge is 0.309 e. The molecule has 2 fully saturated rings. The van der Waals surface area contributed by atoms with E-state index in [0.29, 0.717) is 0 Å². The average molecular weight is 307 g/mol. The lowest BCUT2D eigenvalue weighted by molar-refractivity contribution is 0.346. The van der Waals surface area contributed by atoms with Crippen molar-refractivity contribution in [1.29, 1.82) is 0 Å². The van der Waals surface area contributed by atoms with Gasteiger partial charge >= 0.3 is 0 Å². The summed E-state index contributed by atoms with van der Waals surface area (Å²) in [6, 6.07) is 0.777. The van der Waals surface area contributed by atoms with E-state index in [1.54, 1.807) is 0 Å². The van der Waals surface area contributed by atoms with E-state index in [1.807, 2.05) is 11.3 Å². The number of rotatable bonds is 4. The Hall–Kier alpha value is -0.410. The number of nitrogens with one attached hydrogen (secondary N) is 1. The van der Waals surface area contributed by atoms with E-state index in [9.17, 15) is 0 Å². The predicted octanol–water partition coefficient (Wildman–Crippen LogP) is 4.99. The molecule has 1 N–H and O–H groups in total. The van der Waals surface area contributed by atoms with E-state index in [0.717, 1.165) is 24.4 Å². The van der Waals surface area contributed by atoms with Gasteiger partial charge in [0.15, 0.2) is 0 Å². The summed E-state index contributed by atoms with van der Waals surface area (Å²) in [6.07, 6.45) is 8.16. The van der Waals surface area contributed by atoms with Gasteiger partial charge in [-0.1, -0.05) is 40.5 Å². The minimum Gasteiger partial charge on any atom is -0.309 e. The van der Waals surface area contributed by atoms with Crippen molar-refractivity contribution in [1.82, 2.24) is 10.3 Å². The van der Waals surface area contributed by atoms with Crippen molar-refractivity contribution in [2.75, 3.05) is 0 Å². The molecule has 0 spiro atoms. The highest BCUT2D eigenvalue weighted by Crippen LogP contribution is 2.40. The Morgan fingerprint density at radius 3 is 2.33 bits per heavy atom. The van der Waals surface area contributed by atoms with Crippen LogP contribution in [0.1, 0.15) is 87.7 Å². The van der Waals surface area contributed by atoms with Gasteiger partial charge in [0.05, 0.1) is 10.7 Å². The summed E-state index contributed by atoms with van der Waals surface area (Å²) < 4.78 is 0. The molecule has 118 valence electrons. The van der Waals surface area contributed by atoms with Crippen LogP contribution in [-0.2, 0) is 12.0 Å². The third kappa shape index (κ3) is 3.87. The molecule has 2 aliphatic carbocycles. The third-order valence-corrected chi connectivity index (χ3v) is 6.14. The zero-order valence-electron chi connectivity index (χ0n) is 14.0. The Labute approximate surface area is 133 Å². The molecule has 0 atom stereocenters. The van der Waals surface area contributed by atoms with Gasteiger partial charge in [0.1, 0.15) is 0 Å². The Balaban J connectivity index is 1.77. The average Bonchev–Trinajstić information content (AvgIpc) is 3.14. The second-order valence-electron chi connectivity index (χ2n) is 8.19. The Bertz CT molecular complexity index is 474. The predicted molar refractivity (Wildman–Crippen MR) is 91.0 cm³/mol. The molecule has 21 heavy (non-hydrogen) atoms. The van der Waals surface area contributed by atoms with Crippen LogP contribution in [-0.4, -0.2) is 11.0 Å². The number of aromatic nitrogens is 1. The van der Waals surface area contributed by atoms with Crippen molar-refractivity contribution in [2.24, 2.45) is 5.92 Å². The van der Waals surface area contributed by atoms with Gasteiger partial charge in [0, 0.05) is 28.8 Å². The molecule has 2 saturated carbocycles. The summed E-state index contributed by atoms with van der Waals surface area (Å²) >= 11 is 1.99. The van der Waals surface area contributed by atoms with Crippen LogP contribution < -0.4 is 5.32 Å². The van der Waals surface area contributed by atoms with Gasteiger partial charge in [-0.2, -0.15) is 0 Å². The maximum Gasteiger partial charge on any atom is 0.0962 e. The second kappa shape index (κ2) is 6.00. The van der Waals surface area contributed by atoms with Gasteiger partial charge < -0.3 is 5.32 Å². The molecule has 2 nitrogen and oxygen atoms in total. The lowest BCUT2D eigenvalue weighted by atomic mass is 9.83. The fourth-order valence-electron chi connectivity index (χ4n) is 3.28.